The number of carboxylic acid groups (broad SMARTS) is 1. The van der Waals surface area contributed by atoms with Gasteiger partial charge in [0, 0.05) is 16.6 Å². The van der Waals surface area contributed by atoms with Gasteiger partial charge in [0.15, 0.2) is 0 Å². The molecule has 2 aromatic carbocycles. The average molecular weight is 333 g/mol. The Kier molecular flexibility index (Phi) is 4.08. The van der Waals surface area contributed by atoms with E-state index in [4.69, 9.17) is 0 Å². The Morgan fingerprint density at radius 3 is 2.64 bits per heavy atom. The van der Waals surface area contributed by atoms with Crippen LogP contribution in [0.25, 0.3) is 10.9 Å². The van der Waals surface area contributed by atoms with Crippen LogP contribution in [0.15, 0.2) is 54.6 Å². The van der Waals surface area contributed by atoms with E-state index < -0.39 is 11.4 Å². The Hall–Kier alpha value is -2.55. The lowest BCUT2D eigenvalue weighted by molar-refractivity contribution is -0.150. The molecule has 1 aliphatic rings. The van der Waals surface area contributed by atoms with Crippen molar-refractivity contribution in [1.82, 2.24) is 4.98 Å². The summed E-state index contributed by atoms with van der Waals surface area (Å²) in [5.41, 5.74) is 4.21. The van der Waals surface area contributed by atoms with Crippen molar-refractivity contribution in [3.05, 3.63) is 71.4 Å². The van der Waals surface area contributed by atoms with Gasteiger partial charge in [-0.15, -0.1) is 0 Å². The summed E-state index contributed by atoms with van der Waals surface area (Å²) >= 11 is 0. The van der Waals surface area contributed by atoms with Crippen LogP contribution < -0.4 is 0 Å². The van der Waals surface area contributed by atoms with Crippen LogP contribution in [0.4, 0.5) is 0 Å². The van der Waals surface area contributed by atoms with Gasteiger partial charge in [0.2, 0.25) is 0 Å². The highest BCUT2D eigenvalue weighted by atomic mass is 16.4. The number of aromatic amines is 1. The van der Waals surface area contributed by atoms with Gasteiger partial charge < -0.3 is 10.1 Å². The van der Waals surface area contributed by atoms with Gasteiger partial charge in [0.1, 0.15) is 0 Å². The molecule has 1 aliphatic carbocycles. The van der Waals surface area contributed by atoms with Crippen LogP contribution in [0.3, 0.4) is 0 Å². The molecule has 1 aromatic heterocycles. The number of aliphatic carboxylic acids is 1. The Labute approximate surface area is 147 Å². The van der Waals surface area contributed by atoms with Crippen LogP contribution in [0, 0.1) is 5.41 Å². The minimum Gasteiger partial charge on any atom is -0.481 e. The van der Waals surface area contributed by atoms with Crippen LogP contribution >= 0.6 is 0 Å². The van der Waals surface area contributed by atoms with Gasteiger partial charge in [-0.3, -0.25) is 4.79 Å². The van der Waals surface area contributed by atoms with Crippen molar-refractivity contribution < 1.29 is 9.90 Å². The quantitative estimate of drug-likeness (QED) is 0.708. The summed E-state index contributed by atoms with van der Waals surface area (Å²) in [5.74, 6) is -0.642. The second kappa shape index (κ2) is 6.40. The first-order valence-electron chi connectivity index (χ1n) is 9.04. The molecule has 3 nitrogen and oxygen atoms in total. The lowest BCUT2D eigenvalue weighted by atomic mass is 9.69. The first-order chi connectivity index (χ1) is 12.2. The molecular formula is C22H23NO2. The standard InChI is InChI=1S/C22H23NO2/c24-21(25)22(13-6-9-16-7-2-1-3-8-16)14-12-20-18(15-22)17-10-4-5-11-19(17)23-20/h1-5,7-8,10-11,23H,6,9,12-15H2,(H,24,25). The third-order valence-electron chi connectivity index (χ3n) is 5.69. The summed E-state index contributed by atoms with van der Waals surface area (Å²) < 4.78 is 0. The molecule has 0 amide bonds. The van der Waals surface area contributed by atoms with E-state index in [1.807, 2.05) is 30.3 Å². The Morgan fingerprint density at radius 2 is 1.84 bits per heavy atom. The Balaban J connectivity index is 1.56. The second-order valence-electron chi connectivity index (χ2n) is 7.23. The number of para-hydroxylation sites is 1. The zero-order chi connectivity index (χ0) is 17.3. The normalized spacial score (nSPS) is 19.7. The molecule has 4 rings (SSSR count). The number of carbonyl (C=O) groups is 1. The maximum Gasteiger partial charge on any atom is 0.309 e. The topological polar surface area (TPSA) is 53.1 Å². The molecule has 3 aromatic rings. The highest BCUT2D eigenvalue weighted by Crippen LogP contribution is 2.42. The van der Waals surface area contributed by atoms with Crippen molar-refractivity contribution in [2.45, 2.75) is 38.5 Å². The monoisotopic (exact) mass is 333 g/mol. The lowest BCUT2D eigenvalue weighted by Gasteiger charge is -2.33. The summed E-state index contributed by atoms with van der Waals surface area (Å²) in [4.78, 5) is 15.7. The van der Waals surface area contributed by atoms with Crippen LogP contribution in [-0.2, 0) is 24.1 Å². The predicted octanol–water partition coefficient (Wildman–Crippen LogP) is 4.75. The molecule has 128 valence electrons. The molecule has 0 saturated carbocycles. The van der Waals surface area contributed by atoms with E-state index in [0.717, 1.165) is 37.6 Å². The van der Waals surface area contributed by atoms with E-state index in [1.165, 1.54) is 22.2 Å². The van der Waals surface area contributed by atoms with Crippen molar-refractivity contribution in [2.75, 3.05) is 0 Å². The number of nitrogens with one attached hydrogen (secondary N) is 1. The third kappa shape index (κ3) is 2.95. The molecule has 3 heteroatoms. The van der Waals surface area contributed by atoms with Gasteiger partial charge in [-0.25, -0.2) is 0 Å². The molecule has 2 N–H and O–H groups in total. The summed E-state index contributed by atoms with van der Waals surface area (Å²) in [6.07, 6.45) is 4.76. The zero-order valence-corrected chi connectivity index (χ0v) is 14.3. The van der Waals surface area contributed by atoms with E-state index in [2.05, 4.69) is 29.2 Å². The van der Waals surface area contributed by atoms with Crippen LogP contribution in [0.5, 0.6) is 0 Å². The molecule has 25 heavy (non-hydrogen) atoms. The molecule has 0 saturated heterocycles. The molecule has 0 fully saturated rings. The summed E-state index contributed by atoms with van der Waals surface area (Å²) in [6, 6.07) is 18.6. The van der Waals surface area contributed by atoms with Crippen molar-refractivity contribution in [3.8, 4) is 0 Å². The summed E-state index contributed by atoms with van der Waals surface area (Å²) in [5, 5.41) is 11.2. The van der Waals surface area contributed by atoms with E-state index >= 15 is 0 Å². The van der Waals surface area contributed by atoms with Crippen molar-refractivity contribution in [3.63, 3.8) is 0 Å². The molecule has 1 atom stereocenters. The van der Waals surface area contributed by atoms with E-state index in [0.29, 0.717) is 6.42 Å². The number of carboxylic acids is 1. The van der Waals surface area contributed by atoms with Crippen LogP contribution in [0.2, 0.25) is 0 Å². The second-order valence-corrected chi connectivity index (χ2v) is 7.23. The molecular weight excluding hydrogens is 310 g/mol. The van der Waals surface area contributed by atoms with Gasteiger partial charge in [0.25, 0.3) is 0 Å². The number of hydrogen-bond acceptors (Lipinski definition) is 1. The van der Waals surface area contributed by atoms with Crippen molar-refractivity contribution >= 4 is 16.9 Å². The first-order valence-corrected chi connectivity index (χ1v) is 9.04. The van der Waals surface area contributed by atoms with E-state index in [1.54, 1.807) is 0 Å². The fourth-order valence-corrected chi connectivity index (χ4v) is 4.24. The minimum atomic E-state index is -0.642. The molecule has 1 unspecified atom stereocenters. The smallest absolute Gasteiger partial charge is 0.309 e. The number of H-pyrrole nitrogens is 1. The maximum atomic E-state index is 12.2. The number of aromatic nitrogens is 1. The number of fused-ring (bicyclic) bond motifs is 3. The highest BCUT2D eigenvalue weighted by molar-refractivity contribution is 5.86. The number of rotatable bonds is 5. The van der Waals surface area contributed by atoms with Gasteiger partial charge in [-0.1, -0.05) is 48.5 Å². The van der Waals surface area contributed by atoms with Crippen molar-refractivity contribution in [1.29, 1.82) is 0 Å². The van der Waals surface area contributed by atoms with Gasteiger partial charge >= 0.3 is 5.97 Å². The van der Waals surface area contributed by atoms with E-state index in [-0.39, 0.29) is 0 Å². The van der Waals surface area contributed by atoms with Crippen LogP contribution in [0.1, 0.15) is 36.1 Å². The summed E-state index contributed by atoms with van der Waals surface area (Å²) in [6.45, 7) is 0. The van der Waals surface area contributed by atoms with Gasteiger partial charge in [-0.05, 0) is 55.7 Å². The minimum absolute atomic E-state index is 0.632. The zero-order valence-electron chi connectivity index (χ0n) is 14.3. The third-order valence-corrected chi connectivity index (χ3v) is 5.69. The molecule has 0 spiro atoms. The van der Waals surface area contributed by atoms with E-state index in [9.17, 15) is 9.90 Å². The molecule has 0 bridgehead atoms. The first kappa shape index (κ1) is 15.9. The van der Waals surface area contributed by atoms with Gasteiger partial charge in [-0.2, -0.15) is 0 Å². The van der Waals surface area contributed by atoms with Gasteiger partial charge in [0.05, 0.1) is 5.41 Å². The molecule has 0 radical (unpaired) electrons. The number of benzene rings is 2. The van der Waals surface area contributed by atoms with Crippen LogP contribution in [-0.4, -0.2) is 16.1 Å². The van der Waals surface area contributed by atoms with Crippen molar-refractivity contribution in [2.24, 2.45) is 5.41 Å². The molecule has 0 aliphatic heterocycles. The highest BCUT2D eigenvalue weighted by Gasteiger charge is 2.42. The Bertz CT molecular complexity index is 897. The number of hydrogen-bond donors (Lipinski definition) is 2. The number of aryl methyl sites for hydroxylation is 2. The predicted molar refractivity (Wildman–Crippen MR) is 99.8 cm³/mol. The Morgan fingerprint density at radius 1 is 1.08 bits per heavy atom. The average Bonchev–Trinajstić information content (AvgIpc) is 3.00. The fraction of sp³-hybridized carbons (Fsp3) is 0.318. The fourth-order valence-electron chi connectivity index (χ4n) is 4.24. The molecule has 1 heterocycles. The summed E-state index contributed by atoms with van der Waals surface area (Å²) in [7, 11) is 0. The SMILES string of the molecule is O=C(O)C1(CCCc2ccccc2)CCc2[nH]c3ccccc3c2C1. The maximum absolute atomic E-state index is 12.2. The lowest BCUT2D eigenvalue weighted by Crippen LogP contribution is -2.37. The largest absolute Gasteiger partial charge is 0.481 e.